The number of hydrogen-bond acceptors (Lipinski definition) is 6. The third kappa shape index (κ3) is 4.95. The van der Waals surface area contributed by atoms with Crippen molar-refractivity contribution in [2.24, 2.45) is 0 Å². The Kier molecular flexibility index (Phi) is 6.14. The third-order valence-corrected chi connectivity index (χ3v) is 4.42. The average molecular weight is 438 g/mol. The summed E-state index contributed by atoms with van der Waals surface area (Å²) in [6.07, 6.45) is 1.22. The van der Waals surface area contributed by atoms with E-state index in [1.807, 2.05) is 0 Å². The van der Waals surface area contributed by atoms with Crippen LogP contribution < -0.4 is 5.32 Å². The van der Waals surface area contributed by atoms with Gasteiger partial charge in [0.15, 0.2) is 0 Å². The van der Waals surface area contributed by atoms with Crippen molar-refractivity contribution < 1.29 is 24.0 Å². The van der Waals surface area contributed by atoms with Gasteiger partial charge >= 0.3 is 5.97 Å². The number of amides is 1. The van der Waals surface area contributed by atoms with Crippen molar-refractivity contribution in [1.82, 2.24) is 0 Å². The first-order valence-corrected chi connectivity index (χ1v) is 8.97. The number of nitriles is 1. The van der Waals surface area contributed by atoms with Gasteiger partial charge in [-0.25, -0.2) is 4.79 Å². The number of furan rings is 1. The highest BCUT2D eigenvalue weighted by Crippen LogP contribution is 2.31. The molecule has 0 unspecified atom stereocenters. The number of nitro benzene ring substituents is 1. The number of halogens is 1. The van der Waals surface area contributed by atoms with Gasteiger partial charge in [-0.2, -0.15) is 5.26 Å². The number of nitro groups is 1. The topological polar surface area (TPSA) is 146 Å². The van der Waals surface area contributed by atoms with Crippen LogP contribution in [0.15, 0.2) is 64.6 Å². The molecule has 0 aliphatic carbocycles. The number of carbonyl (C=O) groups is 2. The number of carboxylic acids is 1. The highest BCUT2D eigenvalue weighted by molar-refractivity contribution is 6.32. The molecule has 1 aromatic heterocycles. The lowest BCUT2D eigenvalue weighted by Gasteiger charge is -2.04. The summed E-state index contributed by atoms with van der Waals surface area (Å²) in [5, 5.41) is 31.7. The highest BCUT2D eigenvalue weighted by Gasteiger charge is 2.16. The predicted octanol–water partition coefficient (Wildman–Crippen LogP) is 4.75. The first kappa shape index (κ1) is 21.3. The summed E-state index contributed by atoms with van der Waals surface area (Å²) >= 11 is 5.81. The van der Waals surface area contributed by atoms with Gasteiger partial charge in [-0.1, -0.05) is 11.6 Å². The molecular formula is C21H12ClN3O6. The Morgan fingerprint density at radius 2 is 1.87 bits per heavy atom. The summed E-state index contributed by atoms with van der Waals surface area (Å²) in [5.41, 5.74) is 0.227. The number of rotatable bonds is 6. The van der Waals surface area contributed by atoms with E-state index >= 15 is 0 Å². The standard InChI is InChI=1S/C21H12ClN3O6/c22-17-7-3-13(10-18(17)25(29)30)19-8-6-16(31-19)9-14(11-23)20(26)24-15-4-1-12(2-5-15)21(27)28/h1-10H,(H,24,26)(H,27,28)/b14-9+. The van der Waals surface area contributed by atoms with Crippen LogP contribution in [0.5, 0.6) is 0 Å². The smallest absolute Gasteiger partial charge is 0.335 e. The van der Waals surface area contributed by atoms with Gasteiger partial charge < -0.3 is 14.8 Å². The molecule has 0 radical (unpaired) electrons. The number of hydrogen-bond donors (Lipinski definition) is 2. The maximum atomic E-state index is 12.4. The number of carboxylic acid groups (broad SMARTS) is 1. The van der Waals surface area contributed by atoms with Crippen molar-refractivity contribution >= 4 is 40.9 Å². The third-order valence-electron chi connectivity index (χ3n) is 4.10. The quantitative estimate of drug-likeness (QED) is 0.244. The van der Waals surface area contributed by atoms with Gasteiger partial charge in [0.1, 0.15) is 28.2 Å². The van der Waals surface area contributed by atoms with Crippen LogP contribution in [0.25, 0.3) is 17.4 Å². The molecule has 154 valence electrons. The van der Waals surface area contributed by atoms with Gasteiger partial charge in [-0.15, -0.1) is 0 Å². The Morgan fingerprint density at radius 3 is 2.48 bits per heavy atom. The van der Waals surface area contributed by atoms with E-state index in [1.54, 1.807) is 12.1 Å². The van der Waals surface area contributed by atoms with E-state index in [4.69, 9.17) is 21.1 Å². The Bertz CT molecular complexity index is 1250. The largest absolute Gasteiger partial charge is 0.478 e. The fourth-order valence-corrected chi connectivity index (χ4v) is 2.76. The second-order valence-corrected chi connectivity index (χ2v) is 6.54. The van der Waals surface area contributed by atoms with Crippen LogP contribution in [0.3, 0.4) is 0 Å². The number of carbonyl (C=O) groups excluding carboxylic acids is 1. The fraction of sp³-hybridized carbons (Fsp3) is 0. The van der Waals surface area contributed by atoms with Crippen LogP contribution >= 0.6 is 11.6 Å². The van der Waals surface area contributed by atoms with Crippen LogP contribution in [0, 0.1) is 21.4 Å². The molecule has 0 atom stereocenters. The molecule has 9 nitrogen and oxygen atoms in total. The Hall–Kier alpha value is -4.42. The minimum Gasteiger partial charge on any atom is -0.478 e. The summed E-state index contributed by atoms with van der Waals surface area (Å²) in [6.45, 7) is 0. The first-order valence-electron chi connectivity index (χ1n) is 8.59. The summed E-state index contributed by atoms with van der Waals surface area (Å²) < 4.78 is 5.58. The van der Waals surface area contributed by atoms with Gasteiger partial charge in [0.05, 0.1) is 10.5 Å². The minimum absolute atomic E-state index is 0.0137. The lowest BCUT2D eigenvalue weighted by atomic mass is 10.1. The number of nitrogens with zero attached hydrogens (tertiary/aromatic N) is 2. The summed E-state index contributed by atoms with van der Waals surface area (Å²) in [5.74, 6) is -1.35. The van der Waals surface area contributed by atoms with Gasteiger partial charge in [-0.05, 0) is 48.5 Å². The van der Waals surface area contributed by atoms with Gasteiger partial charge in [-0.3, -0.25) is 14.9 Å². The molecule has 1 amide bonds. The maximum absolute atomic E-state index is 12.4. The Labute approximate surface area is 179 Å². The van der Waals surface area contributed by atoms with E-state index in [-0.39, 0.29) is 33.4 Å². The minimum atomic E-state index is -1.10. The van der Waals surface area contributed by atoms with E-state index in [0.717, 1.165) is 0 Å². The van der Waals surface area contributed by atoms with E-state index in [0.29, 0.717) is 11.3 Å². The molecule has 0 fully saturated rings. The molecule has 1 heterocycles. The number of aromatic carboxylic acids is 1. The monoisotopic (exact) mass is 437 g/mol. The second kappa shape index (κ2) is 8.94. The van der Waals surface area contributed by atoms with Crippen molar-refractivity contribution in [2.75, 3.05) is 5.32 Å². The van der Waals surface area contributed by atoms with E-state index in [9.17, 15) is 25.0 Å². The summed E-state index contributed by atoms with van der Waals surface area (Å²) in [4.78, 5) is 33.7. The lowest BCUT2D eigenvalue weighted by Crippen LogP contribution is -2.13. The van der Waals surface area contributed by atoms with Crippen molar-refractivity contribution in [2.45, 2.75) is 0 Å². The molecule has 10 heteroatoms. The highest BCUT2D eigenvalue weighted by atomic mass is 35.5. The van der Waals surface area contributed by atoms with Crippen molar-refractivity contribution in [1.29, 1.82) is 5.26 Å². The van der Waals surface area contributed by atoms with Crippen LogP contribution in [-0.2, 0) is 4.79 Å². The van der Waals surface area contributed by atoms with Crippen LogP contribution in [0.1, 0.15) is 16.1 Å². The summed E-state index contributed by atoms with van der Waals surface area (Å²) in [6, 6.07) is 14.4. The van der Waals surface area contributed by atoms with E-state index < -0.39 is 16.8 Å². The van der Waals surface area contributed by atoms with E-state index in [1.165, 1.54) is 54.6 Å². The van der Waals surface area contributed by atoms with Crippen LogP contribution in [0.2, 0.25) is 5.02 Å². The maximum Gasteiger partial charge on any atom is 0.335 e. The number of anilines is 1. The fourth-order valence-electron chi connectivity index (χ4n) is 2.58. The van der Waals surface area contributed by atoms with Crippen LogP contribution in [-0.4, -0.2) is 21.9 Å². The van der Waals surface area contributed by atoms with Crippen LogP contribution in [0.4, 0.5) is 11.4 Å². The molecule has 3 aromatic rings. The number of benzene rings is 2. The predicted molar refractivity (Wildman–Crippen MR) is 111 cm³/mol. The zero-order valence-corrected chi connectivity index (χ0v) is 16.3. The number of nitrogens with one attached hydrogen (secondary N) is 1. The summed E-state index contributed by atoms with van der Waals surface area (Å²) in [7, 11) is 0. The zero-order chi connectivity index (χ0) is 22.5. The zero-order valence-electron chi connectivity index (χ0n) is 15.5. The molecule has 0 aliphatic rings. The average Bonchev–Trinajstić information content (AvgIpc) is 3.21. The molecule has 0 saturated carbocycles. The molecular weight excluding hydrogens is 426 g/mol. The van der Waals surface area contributed by atoms with Crippen molar-refractivity contribution in [3.8, 4) is 17.4 Å². The molecule has 0 aliphatic heterocycles. The first-order chi connectivity index (χ1) is 14.8. The lowest BCUT2D eigenvalue weighted by molar-refractivity contribution is -0.384. The van der Waals surface area contributed by atoms with E-state index in [2.05, 4.69) is 5.32 Å². The molecule has 2 aromatic carbocycles. The second-order valence-electron chi connectivity index (χ2n) is 6.13. The van der Waals surface area contributed by atoms with Gasteiger partial charge in [0.25, 0.3) is 11.6 Å². The van der Waals surface area contributed by atoms with Gasteiger partial charge in [0.2, 0.25) is 0 Å². The Morgan fingerprint density at radius 1 is 1.16 bits per heavy atom. The molecule has 3 rings (SSSR count). The van der Waals surface area contributed by atoms with Crippen molar-refractivity contribution in [3.63, 3.8) is 0 Å². The molecule has 0 spiro atoms. The molecule has 0 saturated heterocycles. The molecule has 2 N–H and O–H groups in total. The molecule has 0 bridgehead atoms. The SMILES string of the molecule is N#C/C(=C\c1ccc(-c2ccc(Cl)c([N+](=O)[O-])c2)o1)C(=O)Nc1ccc(C(=O)O)cc1. The van der Waals surface area contributed by atoms with Gasteiger partial charge in [0, 0.05) is 23.4 Å². The normalized spacial score (nSPS) is 10.9. The molecule has 31 heavy (non-hydrogen) atoms. The Balaban J connectivity index is 1.80. The van der Waals surface area contributed by atoms with Crippen molar-refractivity contribution in [3.05, 3.63) is 86.6 Å².